The summed E-state index contributed by atoms with van der Waals surface area (Å²) in [4.78, 5) is 61.9. The molecule has 24 heteroatoms. The van der Waals surface area contributed by atoms with Gasteiger partial charge in [0, 0.05) is 114 Å². The summed E-state index contributed by atoms with van der Waals surface area (Å²) in [7, 11) is 0. The zero-order valence-corrected chi connectivity index (χ0v) is 73.3. The van der Waals surface area contributed by atoms with Crippen molar-refractivity contribution in [2.24, 2.45) is 0 Å². The first-order valence-corrected chi connectivity index (χ1v) is 44.4. The smallest absolute Gasteiger partial charge is 0.219 e. The minimum absolute atomic E-state index is 0.00911. The van der Waals surface area contributed by atoms with Gasteiger partial charge in [-0.15, -0.1) is 0 Å². The topological polar surface area (TPSA) is 266 Å². The van der Waals surface area contributed by atoms with Crippen molar-refractivity contribution in [3.05, 3.63) is 339 Å². The van der Waals surface area contributed by atoms with Crippen LogP contribution in [-0.4, -0.2) is 116 Å². The summed E-state index contributed by atoms with van der Waals surface area (Å²) >= 11 is 6.57. The zero-order chi connectivity index (χ0) is 89.4. The molecule has 9 aromatic carbocycles. The summed E-state index contributed by atoms with van der Waals surface area (Å²) in [6.45, 7) is 8.14. The number of ether oxygens (including phenoxy) is 3. The fourth-order valence-electron chi connectivity index (χ4n) is 15.1. The van der Waals surface area contributed by atoms with E-state index in [4.69, 9.17) is 55.7 Å². The summed E-state index contributed by atoms with van der Waals surface area (Å²) in [5.41, 5.74) is 16.2. The molecule has 0 saturated carbocycles. The van der Waals surface area contributed by atoms with Gasteiger partial charge in [0.1, 0.15) is 22.8 Å². The lowest BCUT2D eigenvalue weighted by Gasteiger charge is -2.09. The van der Waals surface area contributed by atoms with Crippen molar-refractivity contribution in [1.29, 1.82) is 0 Å². The van der Waals surface area contributed by atoms with Crippen molar-refractivity contribution in [1.82, 2.24) is 59.1 Å². The number of benzene rings is 9. The van der Waals surface area contributed by atoms with Crippen molar-refractivity contribution in [2.45, 2.75) is 149 Å². The number of aromatic nitrogens is 9. The highest BCUT2D eigenvalue weighted by Gasteiger charge is 2.24. The van der Waals surface area contributed by atoms with Gasteiger partial charge in [-0.2, -0.15) is 0 Å². The number of amides is 3. The molecule has 21 nitrogen and oxygen atoms in total. The Morgan fingerprint density at radius 1 is 0.312 bits per heavy atom. The van der Waals surface area contributed by atoms with Crippen LogP contribution in [0.2, 0.25) is 5.02 Å². The molecule has 0 aliphatic heterocycles. The van der Waals surface area contributed by atoms with Crippen molar-refractivity contribution in [3.8, 4) is 68.7 Å². The summed E-state index contributed by atoms with van der Waals surface area (Å²) in [6.07, 6.45) is 21.8. The van der Waals surface area contributed by atoms with Gasteiger partial charge in [0.2, 0.25) is 35.4 Å². The normalized spacial score (nSPS) is 11.1. The molecule has 6 N–H and O–H groups in total. The third-order valence-electron chi connectivity index (χ3n) is 21.7. The lowest BCUT2D eigenvalue weighted by molar-refractivity contribution is -0.119. The van der Waals surface area contributed by atoms with E-state index in [0.717, 1.165) is 170 Å². The number of rotatable bonds is 41. The molecule has 0 saturated heterocycles. The van der Waals surface area contributed by atoms with E-state index in [-0.39, 0.29) is 59.7 Å². The second-order valence-electron chi connectivity index (χ2n) is 31.8. The van der Waals surface area contributed by atoms with Crippen molar-refractivity contribution >= 4 is 46.3 Å². The number of nitrogens with one attached hydrogen (secondary N) is 3. The number of aromatic hydroxyl groups is 3. The Morgan fingerprint density at radius 3 is 0.859 bits per heavy atom. The number of fused-ring (bicyclic) bond motifs is 3. The first-order chi connectivity index (χ1) is 62.4. The van der Waals surface area contributed by atoms with Crippen LogP contribution in [0.5, 0.6) is 34.9 Å². The van der Waals surface area contributed by atoms with E-state index in [0.29, 0.717) is 115 Å². The predicted molar refractivity (Wildman–Crippen MR) is 498 cm³/mol. The third kappa shape index (κ3) is 26.6. The van der Waals surface area contributed by atoms with Gasteiger partial charge in [0.15, 0.2) is 40.1 Å². The van der Waals surface area contributed by atoms with Gasteiger partial charge in [-0.3, -0.25) is 27.6 Å². The number of imidazole rings is 3. The fraction of sp³-hybridized carbons (Fsp3) is 0.279. The molecular weight excluding hydrogens is 1630 g/mol. The summed E-state index contributed by atoms with van der Waals surface area (Å²) in [5, 5.41) is 42.7. The summed E-state index contributed by atoms with van der Waals surface area (Å²) in [5.74, 6) is 0.324. The minimum Gasteiger partial charge on any atom is -0.493 e. The van der Waals surface area contributed by atoms with Gasteiger partial charge in [-0.25, -0.2) is 38.7 Å². The zero-order valence-electron chi connectivity index (χ0n) is 72.6. The Labute approximate surface area is 750 Å². The van der Waals surface area contributed by atoms with Crippen LogP contribution in [0, 0.1) is 11.6 Å². The van der Waals surface area contributed by atoms with E-state index in [2.05, 4.69) is 28.1 Å². The van der Waals surface area contributed by atoms with E-state index >= 15 is 0 Å². The van der Waals surface area contributed by atoms with Crippen LogP contribution in [0.15, 0.2) is 255 Å². The molecule has 0 fully saturated rings. The number of hydrogen-bond donors (Lipinski definition) is 6. The van der Waals surface area contributed by atoms with Crippen LogP contribution < -0.4 is 30.2 Å². The molecule has 0 bridgehead atoms. The second kappa shape index (κ2) is 47.0. The molecule has 660 valence electrons. The maximum atomic E-state index is 15.0. The Morgan fingerprint density at radius 2 is 0.570 bits per heavy atom. The lowest BCUT2D eigenvalue weighted by atomic mass is 10.1. The largest absolute Gasteiger partial charge is 0.493 e. The molecule has 0 atom stereocenters. The monoisotopic (exact) mass is 1740 g/mol. The molecule has 15 aromatic rings. The highest BCUT2D eigenvalue weighted by atomic mass is 35.5. The Balaban J connectivity index is 0.000000164. The highest BCUT2D eigenvalue weighted by Crippen LogP contribution is 2.35. The molecule has 6 aromatic heterocycles. The molecule has 0 radical (unpaired) electrons. The van der Waals surface area contributed by atoms with E-state index in [1.165, 1.54) is 32.9 Å². The van der Waals surface area contributed by atoms with Gasteiger partial charge < -0.3 is 45.5 Å². The number of unbranched alkanes of at least 4 members (excludes halogenated alkanes) is 11. The molecule has 0 spiro atoms. The van der Waals surface area contributed by atoms with E-state index in [1.54, 1.807) is 43.8 Å². The Hall–Kier alpha value is -13.8. The molecule has 3 amide bonds. The number of nitrogens with zero attached hydrogens (tertiary/aromatic N) is 9. The van der Waals surface area contributed by atoms with Crippen LogP contribution in [0.3, 0.4) is 0 Å². The van der Waals surface area contributed by atoms with Gasteiger partial charge in [-0.05, 0) is 108 Å². The van der Waals surface area contributed by atoms with Gasteiger partial charge in [0.05, 0.1) is 59.0 Å². The van der Waals surface area contributed by atoms with Crippen LogP contribution >= 0.6 is 11.6 Å². The van der Waals surface area contributed by atoms with Crippen LogP contribution in [-0.2, 0) is 52.9 Å². The molecule has 0 aliphatic carbocycles. The highest BCUT2D eigenvalue weighted by molar-refractivity contribution is 6.32. The second-order valence-corrected chi connectivity index (χ2v) is 32.2. The number of hydrogen-bond acceptors (Lipinski definition) is 15. The first-order valence-electron chi connectivity index (χ1n) is 44.0. The van der Waals surface area contributed by atoms with Gasteiger partial charge >= 0.3 is 0 Å². The van der Waals surface area contributed by atoms with Crippen LogP contribution in [0.25, 0.3) is 50.7 Å². The number of halogens is 3. The molecule has 0 unspecified atom stereocenters. The summed E-state index contributed by atoms with van der Waals surface area (Å²) in [6, 6.07) is 75.3. The average Bonchev–Trinajstić information content (AvgIpc) is 1.04. The third-order valence-corrected chi connectivity index (χ3v) is 22.0. The number of carbonyl (C=O) groups is 3. The van der Waals surface area contributed by atoms with E-state index < -0.39 is 11.6 Å². The molecule has 128 heavy (non-hydrogen) atoms. The number of carbonyl (C=O) groups excluding carboxylic acids is 3. The van der Waals surface area contributed by atoms with E-state index in [9.17, 15) is 38.5 Å². The molecule has 6 heterocycles. The quantitative estimate of drug-likeness (QED) is 0.0195. The Bertz CT molecular complexity index is 5880. The SMILES string of the molecule is CC(=O)NCCCCCCCCOc1ccc(Cc2nc3c(Cc4ccccc4)nc(-c4ccccc4)cn3c2O)cc1F.CC(=O)NCCCCCCOc1ccc(Cc2nc3c(Cc4ccccc4)nc(-c4ccccc4)cn3c2O)cc1Cl.CC(=O)NCCCCCCOc1ccc(Cc2nc3c(Cc4ccccc4)nc(-c4ccccc4)cn3c2O)cc1F. The average molecular weight is 1740 g/mol. The molecule has 0 aliphatic rings. The van der Waals surface area contributed by atoms with Gasteiger partial charge in [-0.1, -0.05) is 263 Å². The van der Waals surface area contributed by atoms with Crippen molar-refractivity contribution in [2.75, 3.05) is 39.5 Å². The van der Waals surface area contributed by atoms with Crippen LogP contribution in [0.4, 0.5) is 8.78 Å². The minimum atomic E-state index is -0.445. The van der Waals surface area contributed by atoms with E-state index in [1.807, 2.05) is 200 Å². The first kappa shape index (κ1) is 91.9. The van der Waals surface area contributed by atoms with Crippen molar-refractivity contribution in [3.63, 3.8) is 0 Å². The maximum Gasteiger partial charge on any atom is 0.219 e. The fourth-order valence-corrected chi connectivity index (χ4v) is 15.3. The predicted octanol–water partition coefficient (Wildman–Crippen LogP) is 20.8. The summed E-state index contributed by atoms with van der Waals surface area (Å²) < 4.78 is 52.2. The standard InChI is InChI=1S/C36H39FN4O3.C34H35ClN4O3.C34H35FN4O3/c1-26(42)38-20-12-4-2-3-5-13-21-44-34-19-18-28(22-30(34)37)24-32-36(43)41-25-33(29-16-10-7-11-17-29)39-31(35(41)40-32)23-27-14-8-6-9-15-27;2*1-24(40)36-18-10-2-3-11-19-42-32-17-16-26(20-28(32)35)22-30-34(41)39-23-31(27-14-8-5-9-15-27)37-29(33(39)38-30)21-25-12-6-4-7-13-25/h6-11,14-19,22,25,43H,2-5,12-13,20-21,23-24H2,1H3,(H,38,42);2*4-9,12-17,20,23,41H,2-3,10-11,18-19,21-22H2,1H3,(H,36,40). The van der Waals surface area contributed by atoms with Crippen LogP contribution in [0.1, 0.15) is 178 Å². The molecule has 15 rings (SSSR count). The Kier molecular flexibility index (Phi) is 33.7. The molecular formula is C104H109ClF2N12O9. The lowest BCUT2D eigenvalue weighted by Crippen LogP contribution is -2.20. The van der Waals surface area contributed by atoms with Crippen molar-refractivity contribution < 1.29 is 52.7 Å². The maximum absolute atomic E-state index is 15.0. The van der Waals surface area contributed by atoms with Gasteiger partial charge in [0.25, 0.3) is 0 Å².